The number of nitrogen functional groups attached to an aromatic ring is 1. The molecule has 0 aliphatic rings. The van der Waals surface area contributed by atoms with Crippen LogP contribution in [0.1, 0.15) is 17.0 Å². The average molecular weight is 241 g/mol. The topological polar surface area (TPSA) is 72.5 Å². The number of aromatic amines is 1. The Balaban J connectivity index is 2.22. The van der Waals surface area contributed by atoms with E-state index in [9.17, 15) is 0 Å². The predicted molar refractivity (Wildman–Crippen MR) is 71.8 cm³/mol. The maximum absolute atomic E-state index is 5.76. The summed E-state index contributed by atoms with van der Waals surface area (Å²) in [5, 5.41) is 4.49. The van der Waals surface area contributed by atoms with Gasteiger partial charge in [0.05, 0.1) is 16.7 Å². The monoisotopic (exact) mass is 241 g/mol. The van der Waals surface area contributed by atoms with Crippen LogP contribution in [0, 0.1) is 20.8 Å². The van der Waals surface area contributed by atoms with Gasteiger partial charge in [-0.25, -0.2) is 9.67 Å². The highest BCUT2D eigenvalue weighted by molar-refractivity contribution is 5.79. The summed E-state index contributed by atoms with van der Waals surface area (Å²) >= 11 is 0. The zero-order valence-corrected chi connectivity index (χ0v) is 10.7. The molecule has 0 spiro atoms. The van der Waals surface area contributed by atoms with Gasteiger partial charge in [0.25, 0.3) is 0 Å². The molecule has 92 valence electrons. The third-order valence-corrected chi connectivity index (χ3v) is 3.35. The first kappa shape index (κ1) is 10.8. The van der Waals surface area contributed by atoms with Gasteiger partial charge in [-0.1, -0.05) is 0 Å². The zero-order valence-electron chi connectivity index (χ0n) is 10.7. The van der Waals surface area contributed by atoms with Gasteiger partial charge in [-0.05, 0) is 44.5 Å². The van der Waals surface area contributed by atoms with Crippen LogP contribution >= 0.6 is 0 Å². The Morgan fingerprint density at radius 2 is 2.00 bits per heavy atom. The number of fused-ring (bicyclic) bond motifs is 1. The minimum atomic E-state index is 0.724. The number of nitrogens with two attached hydrogens (primary N) is 1. The van der Waals surface area contributed by atoms with Gasteiger partial charge in [-0.15, -0.1) is 0 Å². The van der Waals surface area contributed by atoms with Crippen molar-refractivity contribution in [1.82, 2.24) is 19.7 Å². The maximum Gasteiger partial charge on any atom is 0.229 e. The first-order valence-electron chi connectivity index (χ1n) is 5.84. The number of benzene rings is 1. The number of aromatic nitrogens is 4. The van der Waals surface area contributed by atoms with Gasteiger partial charge in [0.15, 0.2) is 0 Å². The third-order valence-electron chi connectivity index (χ3n) is 3.35. The fourth-order valence-corrected chi connectivity index (χ4v) is 2.04. The molecule has 0 atom stereocenters. The number of nitrogens with one attached hydrogen (secondary N) is 1. The molecule has 0 radical (unpaired) electrons. The van der Waals surface area contributed by atoms with Crippen LogP contribution < -0.4 is 5.73 Å². The molecular weight excluding hydrogens is 226 g/mol. The molecule has 2 aromatic heterocycles. The first-order valence-corrected chi connectivity index (χ1v) is 5.84. The van der Waals surface area contributed by atoms with Gasteiger partial charge in [0.2, 0.25) is 5.95 Å². The van der Waals surface area contributed by atoms with Crippen molar-refractivity contribution in [2.24, 2.45) is 0 Å². The normalized spacial score (nSPS) is 11.3. The molecule has 0 aliphatic carbocycles. The summed E-state index contributed by atoms with van der Waals surface area (Å²) in [6.07, 6.45) is 0. The van der Waals surface area contributed by atoms with Crippen molar-refractivity contribution in [3.8, 4) is 5.95 Å². The molecule has 0 amide bonds. The molecule has 0 bridgehead atoms. The molecule has 0 fully saturated rings. The van der Waals surface area contributed by atoms with Crippen LogP contribution in [-0.2, 0) is 0 Å². The SMILES string of the molecule is Cc1nn(-c2nc3ccc(N)cc3[nH]2)c(C)c1C. The Hall–Kier alpha value is -2.30. The molecule has 1 aromatic carbocycles. The number of nitrogens with zero attached hydrogens (tertiary/aromatic N) is 3. The largest absolute Gasteiger partial charge is 0.399 e. The summed E-state index contributed by atoms with van der Waals surface area (Å²) in [6, 6.07) is 5.63. The van der Waals surface area contributed by atoms with Crippen LogP contribution in [0.3, 0.4) is 0 Å². The second-order valence-electron chi connectivity index (χ2n) is 4.54. The van der Waals surface area contributed by atoms with E-state index < -0.39 is 0 Å². The number of rotatable bonds is 1. The van der Waals surface area contributed by atoms with Gasteiger partial charge in [-0.2, -0.15) is 5.10 Å². The van der Waals surface area contributed by atoms with E-state index in [-0.39, 0.29) is 0 Å². The van der Waals surface area contributed by atoms with Crippen LogP contribution in [-0.4, -0.2) is 19.7 Å². The van der Waals surface area contributed by atoms with Gasteiger partial charge >= 0.3 is 0 Å². The number of imidazole rings is 1. The smallest absolute Gasteiger partial charge is 0.229 e. The Kier molecular flexibility index (Phi) is 2.16. The van der Waals surface area contributed by atoms with E-state index in [1.807, 2.05) is 36.7 Å². The minimum absolute atomic E-state index is 0.724. The average Bonchev–Trinajstić information content (AvgIpc) is 2.85. The lowest BCUT2D eigenvalue weighted by Gasteiger charge is -1.98. The molecule has 3 rings (SSSR count). The number of hydrogen-bond donors (Lipinski definition) is 2. The predicted octanol–water partition coefficient (Wildman–Crippen LogP) is 2.26. The quantitative estimate of drug-likeness (QED) is 0.642. The zero-order chi connectivity index (χ0) is 12.9. The summed E-state index contributed by atoms with van der Waals surface area (Å²) in [7, 11) is 0. The van der Waals surface area contributed by atoms with Crippen molar-refractivity contribution in [2.75, 3.05) is 5.73 Å². The first-order chi connectivity index (χ1) is 8.56. The summed E-state index contributed by atoms with van der Waals surface area (Å²) < 4.78 is 1.83. The van der Waals surface area contributed by atoms with Crippen LogP contribution in [0.2, 0.25) is 0 Å². The fourth-order valence-electron chi connectivity index (χ4n) is 2.04. The lowest BCUT2D eigenvalue weighted by molar-refractivity contribution is 0.790. The summed E-state index contributed by atoms with van der Waals surface area (Å²) in [5.41, 5.74) is 11.6. The highest BCUT2D eigenvalue weighted by atomic mass is 15.4. The lowest BCUT2D eigenvalue weighted by Crippen LogP contribution is -2.01. The molecule has 0 saturated heterocycles. The molecule has 2 heterocycles. The standard InChI is InChI=1S/C13H15N5/c1-7-8(2)17-18(9(7)3)13-15-11-5-4-10(14)6-12(11)16-13/h4-6H,14H2,1-3H3,(H,15,16). The van der Waals surface area contributed by atoms with Crippen LogP contribution in [0.5, 0.6) is 0 Å². The lowest BCUT2D eigenvalue weighted by atomic mass is 10.2. The van der Waals surface area contributed by atoms with Gasteiger partial charge in [-0.3, -0.25) is 0 Å². The number of aryl methyl sites for hydroxylation is 1. The molecule has 3 N–H and O–H groups in total. The molecule has 3 aromatic rings. The summed E-state index contributed by atoms with van der Waals surface area (Å²) in [5.74, 6) is 0.726. The highest BCUT2D eigenvalue weighted by Gasteiger charge is 2.12. The second-order valence-corrected chi connectivity index (χ2v) is 4.54. The molecule has 0 unspecified atom stereocenters. The van der Waals surface area contributed by atoms with Crippen molar-refractivity contribution < 1.29 is 0 Å². The molecule has 18 heavy (non-hydrogen) atoms. The van der Waals surface area contributed by atoms with E-state index in [1.165, 1.54) is 5.56 Å². The second kappa shape index (κ2) is 3.60. The van der Waals surface area contributed by atoms with E-state index in [4.69, 9.17) is 5.73 Å². The van der Waals surface area contributed by atoms with Crippen molar-refractivity contribution in [3.05, 3.63) is 35.2 Å². The molecule has 0 aliphatic heterocycles. The van der Waals surface area contributed by atoms with E-state index in [0.717, 1.165) is 34.1 Å². The van der Waals surface area contributed by atoms with Crippen LogP contribution in [0.15, 0.2) is 18.2 Å². The molecule has 0 saturated carbocycles. The Morgan fingerprint density at radius 3 is 2.67 bits per heavy atom. The van der Waals surface area contributed by atoms with Crippen LogP contribution in [0.25, 0.3) is 17.0 Å². The number of H-pyrrole nitrogens is 1. The van der Waals surface area contributed by atoms with E-state index in [1.54, 1.807) is 0 Å². The van der Waals surface area contributed by atoms with Crippen molar-refractivity contribution in [3.63, 3.8) is 0 Å². The van der Waals surface area contributed by atoms with Gasteiger partial charge in [0.1, 0.15) is 0 Å². The Labute approximate surface area is 105 Å². The van der Waals surface area contributed by atoms with E-state index >= 15 is 0 Å². The Bertz CT molecular complexity index is 735. The number of anilines is 1. The van der Waals surface area contributed by atoms with Crippen molar-refractivity contribution >= 4 is 16.7 Å². The van der Waals surface area contributed by atoms with E-state index in [0.29, 0.717) is 0 Å². The van der Waals surface area contributed by atoms with Crippen molar-refractivity contribution in [1.29, 1.82) is 0 Å². The number of hydrogen-bond acceptors (Lipinski definition) is 3. The molecule has 5 nitrogen and oxygen atoms in total. The molecular formula is C13H15N5. The summed E-state index contributed by atoms with van der Waals surface area (Å²) in [6.45, 7) is 6.10. The molecule has 5 heteroatoms. The highest BCUT2D eigenvalue weighted by Crippen LogP contribution is 2.19. The van der Waals surface area contributed by atoms with E-state index in [2.05, 4.69) is 22.0 Å². The third kappa shape index (κ3) is 1.48. The summed E-state index contributed by atoms with van der Waals surface area (Å²) in [4.78, 5) is 7.77. The van der Waals surface area contributed by atoms with Crippen molar-refractivity contribution in [2.45, 2.75) is 20.8 Å². The van der Waals surface area contributed by atoms with Crippen LogP contribution in [0.4, 0.5) is 5.69 Å². The Morgan fingerprint density at radius 1 is 1.22 bits per heavy atom. The maximum atomic E-state index is 5.76. The minimum Gasteiger partial charge on any atom is -0.399 e. The fraction of sp³-hybridized carbons (Fsp3) is 0.231. The van der Waals surface area contributed by atoms with Gasteiger partial charge < -0.3 is 10.7 Å². The van der Waals surface area contributed by atoms with Gasteiger partial charge in [0, 0.05) is 11.4 Å².